The zero-order chi connectivity index (χ0) is 14.0. The smallest absolute Gasteiger partial charge is 0.149 e. The molecule has 0 spiro atoms. The Bertz CT molecular complexity index is 626. The lowest BCUT2D eigenvalue weighted by molar-refractivity contribution is 0.591. The van der Waals surface area contributed by atoms with Crippen molar-refractivity contribution in [2.24, 2.45) is 5.73 Å². The Labute approximate surface area is 122 Å². The molecule has 0 fully saturated rings. The van der Waals surface area contributed by atoms with E-state index in [9.17, 15) is 8.78 Å². The quantitative estimate of drug-likeness (QED) is 0.824. The molecule has 0 aromatic heterocycles. The van der Waals surface area contributed by atoms with Crippen LogP contribution in [0.3, 0.4) is 0 Å². The number of rotatable bonds is 3. The highest BCUT2D eigenvalue weighted by atomic mass is 79.9. The lowest BCUT2D eigenvalue weighted by atomic mass is 10.1. The molecule has 0 heterocycles. The van der Waals surface area contributed by atoms with Crippen LogP contribution in [0, 0.1) is 11.6 Å². The number of anilines is 2. The summed E-state index contributed by atoms with van der Waals surface area (Å²) in [6.45, 7) is 0. The lowest BCUT2D eigenvalue weighted by Gasteiger charge is -2.13. The van der Waals surface area contributed by atoms with Crippen LogP contribution in [-0.2, 0) is 0 Å². The number of hydrogen-bond donors (Lipinski definition) is 2. The van der Waals surface area contributed by atoms with Crippen LogP contribution in [0.5, 0.6) is 0 Å². The van der Waals surface area contributed by atoms with E-state index >= 15 is 0 Å². The second-order valence-corrected chi connectivity index (χ2v) is 5.04. The number of benzene rings is 2. The molecular formula is C13H9BrF2N2S. The number of nitrogens with one attached hydrogen (secondary N) is 1. The van der Waals surface area contributed by atoms with E-state index in [1.165, 1.54) is 18.2 Å². The molecule has 2 nitrogen and oxygen atoms in total. The van der Waals surface area contributed by atoms with Crippen molar-refractivity contribution < 1.29 is 8.78 Å². The summed E-state index contributed by atoms with van der Waals surface area (Å²) in [5, 5.41) is 2.68. The maximum absolute atomic E-state index is 13.6. The summed E-state index contributed by atoms with van der Waals surface area (Å²) in [6.07, 6.45) is 0. The molecule has 6 heteroatoms. The number of thiocarbonyl (C=S) groups is 1. The molecule has 2 aromatic rings. The number of hydrogen-bond acceptors (Lipinski definition) is 2. The number of para-hydroxylation sites is 1. The Morgan fingerprint density at radius 1 is 1.11 bits per heavy atom. The topological polar surface area (TPSA) is 38.0 Å². The van der Waals surface area contributed by atoms with Gasteiger partial charge in [-0.1, -0.05) is 24.4 Å². The highest BCUT2D eigenvalue weighted by molar-refractivity contribution is 9.10. The summed E-state index contributed by atoms with van der Waals surface area (Å²) >= 11 is 8.24. The van der Waals surface area contributed by atoms with Crippen LogP contribution >= 0.6 is 28.1 Å². The Balaban J connectivity index is 2.50. The van der Waals surface area contributed by atoms with Crippen molar-refractivity contribution in [2.75, 3.05) is 5.32 Å². The fourth-order valence-corrected chi connectivity index (χ4v) is 2.56. The van der Waals surface area contributed by atoms with Crippen LogP contribution in [-0.4, -0.2) is 4.99 Å². The molecule has 0 amide bonds. The molecule has 0 atom stereocenters. The molecule has 0 aliphatic rings. The van der Waals surface area contributed by atoms with Gasteiger partial charge in [-0.2, -0.15) is 0 Å². The minimum atomic E-state index is -0.686. The summed E-state index contributed by atoms with van der Waals surface area (Å²) in [5.74, 6) is -1.37. The van der Waals surface area contributed by atoms with Gasteiger partial charge >= 0.3 is 0 Å². The molecule has 0 aliphatic carbocycles. The monoisotopic (exact) mass is 342 g/mol. The number of halogens is 3. The van der Waals surface area contributed by atoms with Gasteiger partial charge in [-0.3, -0.25) is 0 Å². The molecule has 2 aromatic carbocycles. The second-order valence-electron chi connectivity index (χ2n) is 3.75. The molecule has 0 aliphatic heterocycles. The molecule has 2 rings (SSSR count). The largest absolute Gasteiger partial charge is 0.389 e. The third kappa shape index (κ3) is 2.90. The fraction of sp³-hybridized carbons (Fsp3) is 0. The highest BCUT2D eigenvalue weighted by Crippen LogP contribution is 2.29. The highest BCUT2D eigenvalue weighted by Gasteiger charge is 2.13. The van der Waals surface area contributed by atoms with Crippen LogP contribution in [0.1, 0.15) is 5.56 Å². The van der Waals surface area contributed by atoms with Crippen LogP contribution in [0.25, 0.3) is 0 Å². The van der Waals surface area contributed by atoms with Gasteiger partial charge in [0.05, 0.1) is 5.69 Å². The summed E-state index contributed by atoms with van der Waals surface area (Å²) in [4.78, 5) is 0.131. The first-order valence-electron chi connectivity index (χ1n) is 5.30. The first kappa shape index (κ1) is 13.9. The van der Waals surface area contributed by atoms with E-state index in [1.54, 1.807) is 18.2 Å². The van der Waals surface area contributed by atoms with Crippen molar-refractivity contribution >= 4 is 44.5 Å². The van der Waals surface area contributed by atoms with Gasteiger partial charge in [0.25, 0.3) is 0 Å². The maximum Gasteiger partial charge on any atom is 0.149 e. The van der Waals surface area contributed by atoms with Gasteiger partial charge in [0.15, 0.2) is 0 Å². The standard InChI is InChI=1S/C13H9BrF2N2S/c14-7-3-1-6-10(11(7)13(17)19)18-12-8(15)4-2-5-9(12)16/h1-6,18H,(H2,17,19). The average Bonchev–Trinajstić information content (AvgIpc) is 2.33. The number of nitrogens with two attached hydrogens (primary N) is 1. The van der Waals surface area contributed by atoms with Crippen LogP contribution in [0.15, 0.2) is 40.9 Å². The van der Waals surface area contributed by atoms with Crippen molar-refractivity contribution in [2.45, 2.75) is 0 Å². The lowest BCUT2D eigenvalue weighted by Crippen LogP contribution is -2.13. The molecule has 19 heavy (non-hydrogen) atoms. The molecule has 98 valence electrons. The van der Waals surface area contributed by atoms with Gasteiger partial charge in [0.2, 0.25) is 0 Å². The zero-order valence-electron chi connectivity index (χ0n) is 9.58. The zero-order valence-corrected chi connectivity index (χ0v) is 12.0. The van der Waals surface area contributed by atoms with Crippen molar-refractivity contribution in [3.8, 4) is 0 Å². The first-order chi connectivity index (χ1) is 9.00. The second kappa shape index (κ2) is 5.63. The Hall–Kier alpha value is -1.53. The van der Waals surface area contributed by atoms with E-state index in [-0.39, 0.29) is 10.7 Å². The van der Waals surface area contributed by atoms with E-state index < -0.39 is 11.6 Å². The molecule has 0 unspecified atom stereocenters. The van der Waals surface area contributed by atoms with Gasteiger partial charge in [-0.15, -0.1) is 0 Å². The first-order valence-corrected chi connectivity index (χ1v) is 6.50. The fourth-order valence-electron chi connectivity index (χ4n) is 1.63. The Kier molecular flexibility index (Phi) is 4.11. The molecule has 0 saturated heterocycles. The van der Waals surface area contributed by atoms with Gasteiger partial charge in [-0.05, 0) is 40.2 Å². The predicted molar refractivity (Wildman–Crippen MR) is 79.7 cm³/mol. The van der Waals surface area contributed by atoms with E-state index in [4.69, 9.17) is 18.0 Å². The van der Waals surface area contributed by atoms with E-state index in [2.05, 4.69) is 21.2 Å². The normalized spacial score (nSPS) is 10.3. The van der Waals surface area contributed by atoms with Crippen molar-refractivity contribution in [1.29, 1.82) is 0 Å². The van der Waals surface area contributed by atoms with Crippen molar-refractivity contribution in [3.05, 3.63) is 58.1 Å². The summed E-state index contributed by atoms with van der Waals surface area (Å²) in [7, 11) is 0. The minimum absolute atomic E-state index is 0.131. The predicted octanol–water partition coefficient (Wildman–Crippen LogP) is 4.11. The third-order valence-corrected chi connectivity index (χ3v) is 3.35. The third-order valence-electron chi connectivity index (χ3n) is 2.48. The Morgan fingerprint density at radius 3 is 2.26 bits per heavy atom. The van der Waals surface area contributed by atoms with Crippen LogP contribution in [0.4, 0.5) is 20.2 Å². The van der Waals surface area contributed by atoms with E-state index in [0.29, 0.717) is 15.7 Å². The van der Waals surface area contributed by atoms with Crippen molar-refractivity contribution in [3.63, 3.8) is 0 Å². The van der Waals surface area contributed by atoms with Crippen molar-refractivity contribution in [1.82, 2.24) is 0 Å². The van der Waals surface area contributed by atoms with Gasteiger partial charge in [0, 0.05) is 10.0 Å². The van der Waals surface area contributed by atoms with E-state index in [0.717, 1.165) is 0 Å². The molecule has 3 N–H and O–H groups in total. The molecular weight excluding hydrogens is 334 g/mol. The molecule has 0 saturated carbocycles. The summed E-state index contributed by atoms with van der Waals surface area (Å²) in [6, 6.07) is 8.74. The van der Waals surface area contributed by atoms with E-state index in [1.807, 2.05) is 0 Å². The SMILES string of the molecule is NC(=S)c1c(Br)cccc1Nc1c(F)cccc1F. The van der Waals surface area contributed by atoms with Gasteiger partial charge < -0.3 is 11.1 Å². The molecule has 0 bridgehead atoms. The molecule has 0 radical (unpaired) electrons. The summed E-state index contributed by atoms with van der Waals surface area (Å²) < 4.78 is 27.8. The maximum atomic E-state index is 13.6. The minimum Gasteiger partial charge on any atom is -0.389 e. The van der Waals surface area contributed by atoms with Crippen LogP contribution in [0.2, 0.25) is 0 Å². The van der Waals surface area contributed by atoms with Gasteiger partial charge in [-0.25, -0.2) is 8.78 Å². The average molecular weight is 343 g/mol. The van der Waals surface area contributed by atoms with Crippen LogP contribution < -0.4 is 11.1 Å². The Morgan fingerprint density at radius 2 is 1.68 bits per heavy atom. The van der Waals surface area contributed by atoms with Gasteiger partial charge in [0.1, 0.15) is 22.3 Å². The summed E-state index contributed by atoms with van der Waals surface area (Å²) in [5.41, 5.74) is 6.32.